The zero-order valence-corrected chi connectivity index (χ0v) is 12.8. The lowest BCUT2D eigenvalue weighted by molar-refractivity contribution is 0.660. The van der Waals surface area contributed by atoms with E-state index in [0.29, 0.717) is 17.8 Å². The van der Waals surface area contributed by atoms with E-state index >= 15 is 0 Å². The van der Waals surface area contributed by atoms with Crippen LogP contribution < -0.4 is 4.90 Å². The van der Waals surface area contributed by atoms with Crippen molar-refractivity contribution in [3.63, 3.8) is 0 Å². The van der Waals surface area contributed by atoms with E-state index in [4.69, 9.17) is 11.6 Å². The molecule has 0 saturated carbocycles. The zero-order chi connectivity index (χ0) is 13.7. The van der Waals surface area contributed by atoms with Crippen molar-refractivity contribution in [1.29, 1.82) is 0 Å². The van der Waals surface area contributed by atoms with Gasteiger partial charge in [-0.05, 0) is 20.3 Å². The molecule has 0 aliphatic heterocycles. The Bertz CT molecular complexity index is 377. The Morgan fingerprint density at radius 3 is 2.39 bits per heavy atom. The van der Waals surface area contributed by atoms with Crippen LogP contribution in [0.25, 0.3) is 0 Å². The number of rotatable bonds is 6. The molecule has 1 aromatic heterocycles. The molecule has 0 fully saturated rings. The van der Waals surface area contributed by atoms with Crippen LogP contribution in [0.2, 0.25) is 0 Å². The minimum absolute atomic E-state index is 0.333. The molecule has 0 N–H and O–H groups in total. The lowest BCUT2D eigenvalue weighted by Gasteiger charge is -2.29. The minimum Gasteiger partial charge on any atom is -0.366 e. The summed E-state index contributed by atoms with van der Waals surface area (Å²) >= 11 is 6.04. The van der Waals surface area contributed by atoms with Crippen LogP contribution in [-0.4, -0.2) is 22.6 Å². The van der Waals surface area contributed by atoms with Crippen LogP contribution >= 0.6 is 11.6 Å². The Morgan fingerprint density at radius 2 is 1.94 bits per heavy atom. The summed E-state index contributed by atoms with van der Waals surface area (Å²) in [6, 6.07) is 0.431. The molecule has 4 heteroatoms. The summed E-state index contributed by atoms with van der Waals surface area (Å²) in [4.78, 5) is 11.4. The van der Waals surface area contributed by atoms with Crippen LogP contribution in [0.5, 0.6) is 0 Å². The second-order valence-corrected chi connectivity index (χ2v) is 5.40. The number of halogens is 1. The van der Waals surface area contributed by atoms with E-state index in [1.165, 1.54) is 0 Å². The van der Waals surface area contributed by atoms with E-state index in [1.807, 2.05) is 6.20 Å². The number of alkyl halides is 1. The molecule has 0 saturated heterocycles. The molecular formula is C14H24ClN3. The standard InChI is InChI=1S/C14H24ClN3/c1-6-7-18(11(4)5)13-9-16-14(10(2)3)17-12(13)8-15/h9-11H,6-8H2,1-5H3. The molecule has 1 rings (SSSR count). The Kier molecular flexibility index (Phi) is 5.86. The van der Waals surface area contributed by atoms with Gasteiger partial charge >= 0.3 is 0 Å². The highest BCUT2D eigenvalue weighted by atomic mass is 35.5. The Hall–Kier alpha value is -0.830. The number of aromatic nitrogens is 2. The minimum atomic E-state index is 0.333. The summed E-state index contributed by atoms with van der Waals surface area (Å²) in [5.74, 6) is 1.64. The lowest BCUT2D eigenvalue weighted by Crippen LogP contribution is -2.32. The molecular weight excluding hydrogens is 246 g/mol. The molecule has 1 heterocycles. The first-order valence-corrected chi connectivity index (χ1v) is 7.23. The number of anilines is 1. The summed E-state index contributed by atoms with van der Waals surface area (Å²) < 4.78 is 0. The molecule has 0 unspecified atom stereocenters. The van der Waals surface area contributed by atoms with Gasteiger partial charge in [0.25, 0.3) is 0 Å². The Morgan fingerprint density at radius 1 is 1.28 bits per heavy atom. The highest BCUT2D eigenvalue weighted by Crippen LogP contribution is 2.24. The van der Waals surface area contributed by atoms with Gasteiger partial charge in [-0.2, -0.15) is 0 Å². The van der Waals surface area contributed by atoms with Gasteiger partial charge in [0.2, 0.25) is 0 Å². The van der Waals surface area contributed by atoms with Gasteiger partial charge in [-0.25, -0.2) is 9.97 Å². The van der Waals surface area contributed by atoms with Crippen molar-refractivity contribution in [3.05, 3.63) is 17.7 Å². The summed E-state index contributed by atoms with van der Waals surface area (Å²) in [6.45, 7) is 11.7. The van der Waals surface area contributed by atoms with E-state index in [-0.39, 0.29) is 0 Å². The molecule has 0 aromatic carbocycles. The van der Waals surface area contributed by atoms with Crippen LogP contribution in [0.15, 0.2) is 6.20 Å². The van der Waals surface area contributed by atoms with Crippen molar-refractivity contribution in [3.8, 4) is 0 Å². The summed E-state index contributed by atoms with van der Waals surface area (Å²) in [7, 11) is 0. The monoisotopic (exact) mass is 269 g/mol. The van der Waals surface area contributed by atoms with E-state index in [0.717, 1.165) is 30.2 Å². The topological polar surface area (TPSA) is 29.0 Å². The third-order valence-corrected chi connectivity index (χ3v) is 3.16. The molecule has 0 aliphatic rings. The van der Waals surface area contributed by atoms with Gasteiger partial charge in [-0.1, -0.05) is 20.8 Å². The second-order valence-electron chi connectivity index (χ2n) is 5.14. The van der Waals surface area contributed by atoms with Crippen LogP contribution in [0, 0.1) is 0 Å². The maximum atomic E-state index is 6.04. The zero-order valence-electron chi connectivity index (χ0n) is 12.1. The molecule has 102 valence electrons. The van der Waals surface area contributed by atoms with Gasteiger partial charge in [0, 0.05) is 18.5 Å². The molecule has 0 bridgehead atoms. The molecule has 18 heavy (non-hydrogen) atoms. The van der Waals surface area contributed by atoms with Gasteiger partial charge in [0.15, 0.2) is 0 Å². The molecule has 1 aromatic rings. The van der Waals surface area contributed by atoms with Gasteiger partial charge in [-0.15, -0.1) is 11.6 Å². The third kappa shape index (κ3) is 3.58. The SMILES string of the molecule is CCCN(c1cnc(C(C)C)nc1CCl)C(C)C. The fourth-order valence-corrected chi connectivity index (χ4v) is 2.14. The maximum Gasteiger partial charge on any atom is 0.131 e. The lowest BCUT2D eigenvalue weighted by atomic mass is 10.2. The normalized spacial score (nSPS) is 11.3. The number of hydrogen-bond donors (Lipinski definition) is 0. The summed E-state index contributed by atoms with van der Waals surface area (Å²) in [5.41, 5.74) is 2.02. The van der Waals surface area contributed by atoms with Crippen LogP contribution in [0.4, 0.5) is 5.69 Å². The molecule has 0 amide bonds. The van der Waals surface area contributed by atoms with Crippen molar-refractivity contribution in [2.45, 2.75) is 58.9 Å². The Labute approximate surface area is 116 Å². The predicted molar refractivity (Wildman–Crippen MR) is 78.5 cm³/mol. The second kappa shape index (κ2) is 6.93. The highest BCUT2D eigenvalue weighted by molar-refractivity contribution is 6.17. The van der Waals surface area contributed by atoms with Crippen molar-refractivity contribution in [2.24, 2.45) is 0 Å². The summed E-state index contributed by atoms with van der Waals surface area (Å²) in [6.07, 6.45) is 3.03. The molecule has 0 radical (unpaired) electrons. The van der Waals surface area contributed by atoms with Gasteiger partial charge in [0.05, 0.1) is 23.5 Å². The average Bonchev–Trinajstić information content (AvgIpc) is 2.34. The molecule has 3 nitrogen and oxygen atoms in total. The number of hydrogen-bond acceptors (Lipinski definition) is 3. The predicted octanol–water partition coefficient (Wildman–Crippen LogP) is 3.96. The third-order valence-electron chi connectivity index (χ3n) is 2.90. The number of nitrogens with zero attached hydrogens (tertiary/aromatic N) is 3. The van der Waals surface area contributed by atoms with Gasteiger partial charge in [-0.3, -0.25) is 0 Å². The molecule has 0 aliphatic carbocycles. The fraction of sp³-hybridized carbons (Fsp3) is 0.714. The van der Waals surface area contributed by atoms with Crippen LogP contribution in [0.3, 0.4) is 0 Å². The van der Waals surface area contributed by atoms with E-state index in [2.05, 4.69) is 49.5 Å². The quantitative estimate of drug-likeness (QED) is 0.732. The van der Waals surface area contributed by atoms with E-state index in [9.17, 15) is 0 Å². The highest BCUT2D eigenvalue weighted by Gasteiger charge is 2.16. The molecule has 0 spiro atoms. The van der Waals surface area contributed by atoms with E-state index < -0.39 is 0 Å². The van der Waals surface area contributed by atoms with Gasteiger partial charge in [0.1, 0.15) is 5.82 Å². The van der Waals surface area contributed by atoms with Crippen molar-refractivity contribution >= 4 is 17.3 Å². The fourth-order valence-electron chi connectivity index (χ4n) is 1.94. The first-order valence-electron chi connectivity index (χ1n) is 6.69. The van der Waals surface area contributed by atoms with Crippen molar-refractivity contribution in [1.82, 2.24) is 9.97 Å². The van der Waals surface area contributed by atoms with Crippen molar-refractivity contribution < 1.29 is 0 Å². The first-order chi connectivity index (χ1) is 8.51. The largest absolute Gasteiger partial charge is 0.366 e. The Balaban J connectivity index is 3.13. The molecule has 0 atom stereocenters. The van der Waals surface area contributed by atoms with Gasteiger partial charge < -0.3 is 4.90 Å². The van der Waals surface area contributed by atoms with Crippen molar-refractivity contribution in [2.75, 3.05) is 11.4 Å². The average molecular weight is 270 g/mol. The first kappa shape index (κ1) is 15.2. The van der Waals surface area contributed by atoms with Crippen LogP contribution in [0.1, 0.15) is 58.5 Å². The maximum absolute atomic E-state index is 6.04. The smallest absolute Gasteiger partial charge is 0.131 e. The summed E-state index contributed by atoms with van der Waals surface area (Å²) in [5, 5.41) is 0. The van der Waals surface area contributed by atoms with Crippen LogP contribution in [-0.2, 0) is 5.88 Å². The van der Waals surface area contributed by atoms with E-state index in [1.54, 1.807) is 0 Å².